The molecule has 108 valence electrons. The molecule has 1 fully saturated rings. The van der Waals surface area contributed by atoms with E-state index in [1.807, 2.05) is 13.2 Å². The van der Waals surface area contributed by atoms with Crippen molar-refractivity contribution in [2.75, 3.05) is 20.8 Å². The van der Waals surface area contributed by atoms with E-state index in [1.54, 1.807) is 7.11 Å². The van der Waals surface area contributed by atoms with Crippen molar-refractivity contribution >= 4 is 0 Å². The summed E-state index contributed by atoms with van der Waals surface area (Å²) in [7, 11) is 3.70. The molecular weight excluding hydrogens is 242 g/mol. The quantitative estimate of drug-likeness (QED) is 0.856. The van der Waals surface area contributed by atoms with Crippen molar-refractivity contribution in [2.24, 2.45) is 5.92 Å². The predicted molar refractivity (Wildman–Crippen MR) is 74.4 cm³/mol. The van der Waals surface area contributed by atoms with Crippen LogP contribution in [-0.2, 0) is 11.3 Å². The first-order chi connectivity index (χ1) is 9.22. The van der Waals surface area contributed by atoms with Crippen LogP contribution < -0.4 is 10.1 Å². The van der Waals surface area contributed by atoms with Gasteiger partial charge in [-0.25, -0.2) is 0 Å². The molecule has 1 saturated heterocycles. The summed E-state index contributed by atoms with van der Waals surface area (Å²) in [4.78, 5) is 0. The van der Waals surface area contributed by atoms with Crippen LogP contribution >= 0.6 is 0 Å². The minimum atomic E-state index is 0.224. The van der Waals surface area contributed by atoms with Gasteiger partial charge in [0.2, 0.25) is 0 Å². The lowest BCUT2D eigenvalue weighted by Gasteiger charge is -2.27. The van der Waals surface area contributed by atoms with Crippen molar-refractivity contribution in [2.45, 2.75) is 45.4 Å². The lowest BCUT2D eigenvalue weighted by Crippen LogP contribution is -2.31. The molecule has 0 amide bonds. The summed E-state index contributed by atoms with van der Waals surface area (Å²) in [6, 6.07) is 0.224. The van der Waals surface area contributed by atoms with Gasteiger partial charge in [-0.3, -0.25) is 4.68 Å². The first-order valence-corrected chi connectivity index (χ1v) is 7.11. The molecule has 0 aliphatic carbocycles. The van der Waals surface area contributed by atoms with Crippen molar-refractivity contribution in [3.05, 3.63) is 11.9 Å². The summed E-state index contributed by atoms with van der Waals surface area (Å²) in [6.45, 7) is 6.07. The van der Waals surface area contributed by atoms with Crippen molar-refractivity contribution in [1.82, 2.24) is 15.1 Å². The van der Waals surface area contributed by atoms with Crippen LogP contribution in [0, 0.1) is 5.92 Å². The lowest BCUT2D eigenvalue weighted by atomic mass is 9.91. The van der Waals surface area contributed by atoms with Crippen LogP contribution in [0.15, 0.2) is 6.20 Å². The van der Waals surface area contributed by atoms with Gasteiger partial charge >= 0.3 is 0 Å². The minimum Gasteiger partial charge on any atom is -0.493 e. The normalized spacial score (nSPS) is 24.6. The van der Waals surface area contributed by atoms with Crippen LogP contribution in [0.25, 0.3) is 0 Å². The highest BCUT2D eigenvalue weighted by Gasteiger charge is 2.35. The van der Waals surface area contributed by atoms with E-state index < -0.39 is 0 Å². The summed E-state index contributed by atoms with van der Waals surface area (Å²) in [5.74, 6) is 1.33. The third kappa shape index (κ3) is 2.77. The van der Waals surface area contributed by atoms with Gasteiger partial charge in [0.15, 0.2) is 5.75 Å². The number of rotatable bonds is 6. The smallest absolute Gasteiger partial charge is 0.161 e. The van der Waals surface area contributed by atoms with E-state index in [2.05, 4.69) is 28.9 Å². The maximum Gasteiger partial charge on any atom is 0.161 e. The molecule has 0 aromatic carbocycles. The molecule has 0 radical (unpaired) electrons. The number of methoxy groups -OCH3 is 1. The standard InChI is InChI=1S/C14H25N3O2/c1-5-7-17-14(12(18-4)9-16-17)13(15-3)11-6-8-19-10(11)2/h9-11,13,15H,5-8H2,1-4H3. The average molecular weight is 267 g/mol. The van der Waals surface area contributed by atoms with Gasteiger partial charge in [-0.05, 0) is 26.8 Å². The highest BCUT2D eigenvalue weighted by atomic mass is 16.5. The maximum absolute atomic E-state index is 5.71. The Labute approximate surface area is 115 Å². The van der Waals surface area contributed by atoms with Crippen LogP contribution in [0.3, 0.4) is 0 Å². The molecular formula is C14H25N3O2. The van der Waals surface area contributed by atoms with Gasteiger partial charge in [0.1, 0.15) is 0 Å². The number of nitrogens with one attached hydrogen (secondary N) is 1. The monoisotopic (exact) mass is 267 g/mol. The van der Waals surface area contributed by atoms with E-state index in [9.17, 15) is 0 Å². The summed E-state index contributed by atoms with van der Waals surface area (Å²) >= 11 is 0. The van der Waals surface area contributed by atoms with E-state index in [1.165, 1.54) is 0 Å². The van der Waals surface area contributed by atoms with Crippen molar-refractivity contribution < 1.29 is 9.47 Å². The van der Waals surface area contributed by atoms with Gasteiger partial charge in [-0.15, -0.1) is 0 Å². The number of hydrogen-bond donors (Lipinski definition) is 1. The molecule has 3 atom stereocenters. The molecule has 3 unspecified atom stereocenters. The van der Waals surface area contributed by atoms with Crippen LogP contribution in [0.1, 0.15) is 38.4 Å². The maximum atomic E-state index is 5.71. The fourth-order valence-corrected chi connectivity index (χ4v) is 2.98. The third-order valence-electron chi connectivity index (χ3n) is 3.97. The Kier molecular flexibility index (Phi) is 4.82. The molecule has 0 saturated carbocycles. The Bertz CT molecular complexity index is 405. The largest absolute Gasteiger partial charge is 0.493 e. The van der Waals surface area contributed by atoms with Crippen molar-refractivity contribution in [3.63, 3.8) is 0 Å². The molecule has 5 nitrogen and oxygen atoms in total. The minimum absolute atomic E-state index is 0.224. The molecule has 1 aromatic heterocycles. The first-order valence-electron chi connectivity index (χ1n) is 7.11. The zero-order chi connectivity index (χ0) is 13.8. The van der Waals surface area contributed by atoms with Gasteiger partial charge in [-0.2, -0.15) is 5.10 Å². The molecule has 19 heavy (non-hydrogen) atoms. The highest BCUT2D eigenvalue weighted by Crippen LogP contribution is 2.37. The molecule has 0 spiro atoms. The van der Waals surface area contributed by atoms with Gasteiger partial charge < -0.3 is 14.8 Å². The van der Waals surface area contributed by atoms with Crippen LogP contribution in [0.5, 0.6) is 5.75 Å². The Morgan fingerprint density at radius 1 is 1.63 bits per heavy atom. The van der Waals surface area contributed by atoms with Gasteiger partial charge in [0.25, 0.3) is 0 Å². The zero-order valence-electron chi connectivity index (χ0n) is 12.3. The van der Waals surface area contributed by atoms with E-state index in [-0.39, 0.29) is 12.1 Å². The molecule has 5 heteroatoms. The highest BCUT2D eigenvalue weighted by molar-refractivity contribution is 5.29. The molecule has 1 aromatic rings. The number of hydrogen-bond acceptors (Lipinski definition) is 4. The second-order valence-corrected chi connectivity index (χ2v) is 5.12. The zero-order valence-corrected chi connectivity index (χ0v) is 12.3. The van der Waals surface area contributed by atoms with E-state index in [0.29, 0.717) is 5.92 Å². The van der Waals surface area contributed by atoms with Crippen LogP contribution in [0.2, 0.25) is 0 Å². The Balaban J connectivity index is 2.32. The summed E-state index contributed by atoms with van der Waals surface area (Å²) in [5, 5.41) is 7.88. The number of aryl methyl sites for hydroxylation is 1. The summed E-state index contributed by atoms with van der Waals surface area (Å²) in [6.07, 6.45) is 4.22. The fraction of sp³-hybridized carbons (Fsp3) is 0.786. The van der Waals surface area contributed by atoms with Crippen LogP contribution in [-0.4, -0.2) is 36.6 Å². The Morgan fingerprint density at radius 3 is 2.95 bits per heavy atom. The average Bonchev–Trinajstić information content (AvgIpc) is 3.00. The second kappa shape index (κ2) is 6.39. The predicted octanol–water partition coefficient (Wildman–Crippen LogP) is 1.99. The topological polar surface area (TPSA) is 48.3 Å². The SMILES string of the molecule is CCCn1ncc(OC)c1C(NC)C1CCOC1C. The lowest BCUT2D eigenvalue weighted by molar-refractivity contribution is 0.0949. The molecule has 2 heterocycles. The van der Waals surface area contributed by atoms with E-state index in [0.717, 1.165) is 37.4 Å². The number of nitrogens with zero attached hydrogens (tertiary/aromatic N) is 2. The number of aromatic nitrogens is 2. The van der Waals surface area contributed by atoms with Gasteiger partial charge in [-0.1, -0.05) is 6.92 Å². The van der Waals surface area contributed by atoms with E-state index in [4.69, 9.17) is 9.47 Å². The van der Waals surface area contributed by atoms with Crippen LogP contribution in [0.4, 0.5) is 0 Å². The first kappa shape index (κ1) is 14.3. The Hall–Kier alpha value is -1.07. The fourth-order valence-electron chi connectivity index (χ4n) is 2.98. The Morgan fingerprint density at radius 2 is 2.42 bits per heavy atom. The van der Waals surface area contributed by atoms with E-state index >= 15 is 0 Å². The molecule has 1 aliphatic heterocycles. The molecule has 1 N–H and O–H groups in total. The number of ether oxygens (including phenoxy) is 2. The summed E-state index contributed by atoms with van der Waals surface area (Å²) < 4.78 is 13.3. The van der Waals surface area contributed by atoms with Crippen molar-refractivity contribution in [3.8, 4) is 5.75 Å². The third-order valence-corrected chi connectivity index (χ3v) is 3.97. The molecule has 0 bridgehead atoms. The molecule has 2 rings (SSSR count). The summed E-state index contributed by atoms with van der Waals surface area (Å²) in [5.41, 5.74) is 1.15. The molecule has 1 aliphatic rings. The van der Waals surface area contributed by atoms with Gasteiger partial charge in [0.05, 0.1) is 31.1 Å². The second-order valence-electron chi connectivity index (χ2n) is 5.12. The van der Waals surface area contributed by atoms with Crippen molar-refractivity contribution in [1.29, 1.82) is 0 Å². The van der Waals surface area contributed by atoms with Gasteiger partial charge in [0, 0.05) is 19.1 Å².